The van der Waals surface area contributed by atoms with Crippen LogP contribution in [0.2, 0.25) is 0 Å². The van der Waals surface area contributed by atoms with Crippen LogP contribution in [-0.2, 0) is 0 Å². The standard InChI is InChI=1S/C11H22N2OS/c1-9(2)15-10-5-7-13(8-6-10)11(14)12(3)4/h9-10H,5-8H2,1-4H3. The molecule has 0 spiro atoms. The van der Waals surface area contributed by atoms with Crippen LogP contribution >= 0.6 is 11.8 Å². The van der Waals surface area contributed by atoms with E-state index in [0.29, 0.717) is 5.25 Å². The summed E-state index contributed by atoms with van der Waals surface area (Å²) in [5.41, 5.74) is 0. The van der Waals surface area contributed by atoms with Gasteiger partial charge in [-0.05, 0) is 18.1 Å². The lowest BCUT2D eigenvalue weighted by molar-refractivity contribution is 0.161. The third-order valence-electron chi connectivity index (χ3n) is 2.56. The molecule has 1 aliphatic rings. The number of urea groups is 1. The van der Waals surface area contributed by atoms with Gasteiger partial charge in [0.25, 0.3) is 0 Å². The van der Waals surface area contributed by atoms with Gasteiger partial charge in [-0.15, -0.1) is 0 Å². The molecule has 0 saturated carbocycles. The number of carbonyl (C=O) groups is 1. The van der Waals surface area contributed by atoms with E-state index in [0.717, 1.165) is 31.2 Å². The highest BCUT2D eigenvalue weighted by Gasteiger charge is 2.24. The molecule has 0 atom stereocenters. The van der Waals surface area contributed by atoms with Crippen molar-refractivity contribution in [2.75, 3.05) is 27.2 Å². The Bertz CT molecular complexity index is 211. The van der Waals surface area contributed by atoms with Gasteiger partial charge in [0.2, 0.25) is 0 Å². The maximum Gasteiger partial charge on any atom is 0.319 e. The van der Waals surface area contributed by atoms with E-state index in [1.165, 1.54) is 0 Å². The summed E-state index contributed by atoms with van der Waals surface area (Å²) in [6.07, 6.45) is 2.28. The van der Waals surface area contributed by atoms with Crippen LogP contribution in [0.5, 0.6) is 0 Å². The Balaban J connectivity index is 2.32. The number of hydrogen-bond acceptors (Lipinski definition) is 2. The first-order valence-corrected chi connectivity index (χ1v) is 6.56. The molecular formula is C11H22N2OS. The minimum atomic E-state index is 0.156. The Morgan fingerprint density at radius 1 is 1.33 bits per heavy atom. The summed E-state index contributed by atoms with van der Waals surface area (Å²) < 4.78 is 0. The zero-order chi connectivity index (χ0) is 11.4. The van der Waals surface area contributed by atoms with Gasteiger partial charge >= 0.3 is 6.03 Å². The minimum Gasteiger partial charge on any atom is -0.331 e. The maximum atomic E-state index is 11.7. The predicted molar refractivity (Wildman–Crippen MR) is 66.4 cm³/mol. The number of hydrogen-bond donors (Lipinski definition) is 0. The topological polar surface area (TPSA) is 23.6 Å². The molecule has 2 amide bonds. The molecule has 88 valence electrons. The van der Waals surface area contributed by atoms with Crippen LogP contribution in [0.3, 0.4) is 0 Å². The molecule has 0 aromatic carbocycles. The fourth-order valence-corrected chi connectivity index (χ4v) is 3.10. The summed E-state index contributed by atoms with van der Waals surface area (Å²) in [4.78, 5) is 15.3. The smallest absolute Gasteiger partial charge is 0.319 e. The molecule has 0 aliphatic carbocycles. The summed E-state index contributed by atoms with van der Waals surface area (Å²) in [7, 11) is 3.63. The zero-order valence-corrected chi connectivity index (χ0v) is 11.0. The second-order valence-corrected chi connectivity index (χ2v) is 6.43. The van der Waals surface area contributed by atoms with E-state index in [-0.39, 0.29) is 6.03 Å². The minimum absolute atomic E-state index is 0.156. The van der Waals surface area contributed by atoms with Crippen molar-refractivity contribution in [3.05, 3.63) is 0 Å². The van der Waals surface area contributed by atoms with E-state index in [4.69, 9.17) is 0 Å². The lowest BCUT2D eigenvalue weighted by Crippen LogP contribution is -2.44. The van der Waals surface area contributed by atoms with Crippen LogP contribution in [0.25, 0.3) is 0 Å². The monoisotopic (exact) mass is 230 g/mol. The molecule has 4 heteroatoms. The summed E-state index contributed by atoms with van der Waals surface area (Å²) >= 11 is 2.05. The largest absolute Gasteiger partial charge is 0.331 e. The molecule has 0 N–H and O–H groups in total. The highest BCUT2D eigenvalue weighted by Crippen LogP contribution is 2.26. The van der Waals surface area contributed by atoms with Gasteiger partial charge in [-0.2, -0.15) is 11.8 Å². The van der Waals surface area contributed by atoms with E-state index in [1.807, 2.05) is 30.8 Å². The summed E-state index contributed by atoms with van der Waals surface area (Å²) in [6, 6.07) is 0.156. The molecule has 0 unspecified atom stereocenters. The number of likely N-dealkylation sites (tertiary alicyclic amines) is 1. The maximum absolute atomic E-state index is 11.7. The van der Waals surface area contributed by atoms with Crippen LogP contribution in [0.4, 0.5) is 4.79 Å². The van der Waals surface area contributed by atoms with Gasteiger partial charge in [-0.1, -0.05) is 13.8 Å². The van der Waals surface area contributed by atoms with Gasteiger partial charge in [-0.25, -0.2) is 4.79 Å². The molecule has 1 saturated heterocycles. The third-order valence-corrected chi connectivity index (χ3v) is 3.96. The van der Waals surface area contributed by atoms with Crippen LogP contribution in [-0.4, -0.2) is 53.5 Å². The van der Waals surface area contributed by atoms with Crippen molar-refractivity contribution < 1.29 is 4.79 Å². The van der Waals surface area contributed by atoms with Crippen molar-refractivity contribution in [2.24, 2.45) is 0 Å². The lowest BCUT2D eigenvalue weighted by atomic mass is 10.1. The fourth-order valence-electron chi connectivity index (χ4n) is 1.85. The first-order chi connectivity index (χ1) is 7.00. The van der Waals surface area contributed by atoms with Crippen LogP contribution < -0.4 is 0 Å². The second kappa shape index (κ2) is 5.64. The van der Waals surface area contributed by atoms with Crippen LogP contribution in [0.1, 0.15) is 26.7 Å². The Kier molecular flexibility index (Phi) is 4.77. The number of thioether (sulfide) groups is 1. The average Bonchev–Trinajstić information content (AvgIpc) is 2.17. The van der Waals surface area contributed by atoms with Crippen molar-refractivity contribution in [1.29, 1.82) is 0 Å². The Morgan fingerprint density at radius 3 is 2.27 bits per heavy atom. The number of amides is 2. The van der Waals surface area contributed by atoms with E-state index < -0.39 is 0 Å². The molecule has 1 fully saturated rings. The number of nitrogens with zero attached hydrogens (tertiary/aromatic N) is 2. The zero-order valence-electron chi connectivity index (χ0n) is 10.2. The SMILES string of the molecule is CC(C)SC1CCN(C(=O)N(C)C)CC1. The van der Waals surface area contributed by atoms with Gasteiger partial charge < -0.3 is 9.80 Å². The normalized spacial score (nSPS) is 18.3. The molecular weight excluding hydrogens is 208 g/mol. The first kappa shape index (κ1) is 12.7. The molecule has 3 nitrogen and oxygen atoms in total. The Labute approximate surface area is 97.2 Å². The van der Waals surface area contributed by atoms with Crippen molar-refractivity contribution in [2.45, 2.75) is 37.2 Å². The molecule has 15 heavy (non-hydrogen) atoms. The quantitative estimate of drug-likeness (QED) is 0.726. The highest BCUT2D eigenvalue weighted by atomic mass is 32.2. The average molecular weight is 230 g/mol. The van der Waals surface area contributed by atoms with Crippen LogP contribution in [0, 0.1) is 0 Å². The molecule has 0 aromatic rings. The predicted octanol–water partition coefficient (Wildman–Crippen LogP) is 2.27. The number of carbonyl (C=O) groups excluding carboxylic acids is 1. The number of piperidine rings is 1. The van der Waals surface area contributed by atoms with Crippen molar-refractivity contribution in [3.63, 3.8) is 0 Å². The lowest BCUT2D eigenvalue weighted by Gasteiger charge is -2.33. The van der Waals surface area contributed by atoms with Gasteiger partial charge in [0.05, 0.1) is 0 Å². The molecule has 1 aliphatic heterocycles. The molecule has 1 heterocycles. The van der Waals surface area contributed by atoms with Crippen molar-refractivity contribution >= 4 is 17.8 Å². The fraction of sp³-hybridized carbons (Fsp3) is 0.909. The molecule has 0 radical (unpaired) electrons. The van der Waals surface area contributed by atoms with E-state index in [1.54, 1.807) is 4.90 Å². The molecule has 1 rings (SSSR count). The molecule has 0 bridgehead atoms. The third kappa shape index (κ3) is 3.93. The highest BCUT2D eigenvalue weighted by molar-refractivity contribution is 8.00. The van der Waals surface area contributed by atoms with Gasteiger partial charge in [-0.3, -0.25) is 0 Å². The van der Waals surface area contributed by atoms with E-state index >= 15 is 0 Å². The summed E-state index contributed by atoms with van der Waals surface area (Å²) in [5, 5.41) is 1.45. The van der Waals surface area contributed by atoms with Crippen LogP contribution in [0.15, 0.2) is 0 Å². The second-order valence-electron chi connectivity index (χ2n) is 4.55. The van der Waals surface area contributed by atoms with Crippen molar-refractivity contribution in [3.8, 4) is 0 Å². The molecule has 0 aromatic heterocycles. The van der Waals surface area contributed by atoms with Gasteiger partial charge in [0.1, 0.15) is 0 Å². The van der Waals surface area contributed by atoms with Crippen molar-refractivity contribution in [1.82, 2.24) is 9.80 Å². The summed E-state index contributed by atoms with van der Waals surface area (Å²) in [6.45, 7) is 6.31. The Morgan fingerprint density at radius 2 is 1.87 bits per heavy atom. The first-order valence-electron chi connectivity index (χ1n) is 5.62. The Hall–Kier alpha value is -0.380. The number of rotatable bonds is 2. The van der Waals surface area contributed by atoms with Gasteiger partial charge in [0, 0.05) is 32.4 Å². The van der Waals surface area contributed by atoms with E-state index in [9.17, 15) is 4.79 Å². The summed E-state index contributed by atoms with van der Waals surface area (Å²) in [5.74, 6) is 0. The van der Waals surface area contributed by atoms with Gasteiger partial charge in [0.15, 0.2) is 0 Å². The van der Waals surface area contributed by atoms with E-state index in [2.05, 4.69) is 13.8 Å².